The Morgan fingerprint density at radius 3 is 1.98 bits per heavy atom. The van der Waals surface area contributed by atoms with Crippen LogP contribution in [0.2, 0.25) is 0 Å². The van der Waals surface area contributed by atoms with Gasteiger partial charge in [0.2, 0.25) is 0 Å². The average Bonchev–Trinajstić information content (AvgIpc) is 3.03. The first-order valence-electron chi connectivity index (χ1n) is 13.7. The van der Waals surface area contributed by atoms with Gasteiger partial charge in [-0.25, -0.2) is 0 Å². The first-order chi connectivity index (χ1) is 19.8. The zero-order valence-electron chi connectivity index (χ0n) is 21.9. The van der Waals surface area contributed by atoms with E-state index in [4.69, 9.17) is 0 Å². The maximum atomic E-state index is 4.63. The number of nitrogens with zero attached hydrogens (tertiary/aromatic N) is 1. The van der Waals surface area contributed by atoms with Gasteiger partial charge in [-0.2, -0.15) is 0 Å². The second kappa shape index (κ2) is 9.18. The molecule has 0 saturated heterocycles. The van der Waals surface area contributed by atoms with Crippen LogP contribution in [0.15, 0.2) is 152 Å². The van der Waals surface area contributed by atoms with Crippen LogP contribution in [0.1, 0.15) is 0 Å². The fourth-order valence-corrected chi connectivity index (χ4v) is 6.27. The summed E-state index contributed by atoms with van der Waals surface area (Å²) in [6, 6.07) is 50.5. The lowest BCUT2D eigenvalue weighted by Gasteiger charge is -2.19. The normalized spacial score (nSPS) is 11.5. The third-order valence-electron chi connectivity index (χ3n) is 8.12. The number of hydrogen-bond donors (Lipinski definition) is 0. The second-order valence-electron chi connectivity index (χ2n) is 10.4. The van der Waals surface area contributed by atoms with Gasteiger partial charge in [0, 0.05) is 17.8 Å². The summed E-state index contributed by atoms with van der Waals surface area (Å²) >= 11 is 0. The summed E-state index contributed by atoms with van der Waals surface area (Å²) < 4.78 is 0. The molecule has 0 unspecified atom stereocenters. The molecule has 0 fully saturated rings. The zero-order chi connectivity index (χ0) is 26.5. The highest BCUT2D eigenvalue weighted by Crippen LogP contribution is 2.46. The Morgan fingerprint density at radius 2 is 1.07 bits per heavy atom. The lowest BCUT2D eigenvalue weighted by atomic mass is 9.84. The first kappa shape index (κ1) is 22.7. The Kier molecular flexibility index (Phi) is 5.21. The molecular weight excluding hydrogens is 482 g/mol. The Hall–Kier alpha value is -5.27. The molecule has 8 rings (SSSR count). The van der Waals surface area contributed by atoms with Gasteiger partial charge in [0.25, 0.3) is 0 Å². The molecule has 8 aromatic rings. The average molecular weight is 508 g/mol. The molecule has 0 aliphatic carbocycles. The van der Waals surface area contributed by atoms with Crippen LogP contribution in [0, 0.1) is 0 Å². The van der Waals surface area contributed by atoms with Crippen LogP contribution in [0.5, 0.6) is 0 Å². The fourth-order valence-electron chi connectivity index (χ4n) is 6.27. The van der Waals surface area contributed by atoms with Crippen molar-refractivity contribution in [1.82, 2.24) is 4.98 Å². The molecule has 7 aromatic carbocycles. The van der Waals surface area contributed by atoms with E-state index in [1.807, 2.05) is 12.4 Å². The van der Waals surface area contributed by atoms with Crippen LogP contribution in [0.4, 0.5) is 0 Å². The summed E-state index contributed by atoms with van der Waals surface area (Å²) in [5.41, 5.74) is 7.37. The molecule has 1 aromatic heterocycles. The Labute approximate surface area is 233 Å². The number of benzene rings is 7. The second-order valence-corrected chi connectivity index (χ2v) is 10.4. The standard InChI is InChI=1S/C39H25N/c1-2-9-26(10-3-1)30-19-20-34-36(24-30)39(33-16-8-14-28-12-6-7-15-32(28)33)35-21-22-40-25-37(35)38(34)31-18-17-27-11-4-5-13-29(27)23-31/h1-25H. The Bertz CT molecular complexity index is 2200. The summed E-state index contributed by atoms with van der Waals surface area (Å²) in [5.74, 6) is 0. The monoisotopic (exact) mass is 507 g/mol. The summed E-state index contributed by atoms with van der Waals surface area (Å²) in [6.07, 6.45) is 3.97. The van der Waals surface area contributed by atoms with Crippen molar-refractivity contribution in [3.05, 3.63) is 152 Å². The van der Waals surface area contributed by atoms with Gasteiger partial charge in [-0.05, 0) is 89.3 Å². The predicted octanol–water partition coefficient (Wildman–Crippen LogP) is 10.7. The number of pyridine rings is 1. The molecule has 0 atom stereocenters. The Balaban J connectivity index is 1.55. The third kappa shape index (κ3) is 3.60. The van der Waals surface area contributed by atoms with Gasteiger partial charge >= 0.3 is 0 Å². The number of aromatic nitrogens is 1. The first-order valence-corrected chi connectivity index (χ1v) is 13.7. The van der Waals surface area contributed by atoms with E-state index in [2.05, 4.69) is 145 Å². The van der Waals surface area contributed by atoms with Crippen molar-refractivity contribution in [2.45, 2.75) is 0 Å². The minimum absolute atomic E-state index is 1.17. The van der Waals surface area contributed by atoms with E-state index in [0.717, 1.165) is 0 Å². The molecule has 0 N–H and O–H groups in total. The maximum Gasteiger partial charge on any atom is 0.0353 e. The molecule has 0 radical (unpaired) electrons. The largest absolute Gasteiger partial charge is 0.264 e. The van der Waals surface area contributed by atoms with Crippen molar-refractivity contribution < 1.29 is 0 Å². The fraction of sp³-hybridized carbons (Fsp3) is 0. The molecule has 1 heterocycles. The van der Waals surface area contributed by atoms with Gasteiger partial charge in [-0.15, -0.1) is 0 Å². The van der Waals surface area contributed by atoms with Crippen LogP contribution in [0.3, 0.4) is 0 Å². The van der Waals surface area contributed by atoms with Gasteiger partial charge in [0.1, 0.15) is 0 Å². The van der Waals surface area contributed by atoms with Gasteiger partial charge in [-0.3, -0.25) is 4.98 Å². The van der Waals surface area contributed by atoms with Crippen molar-refractivity contribution in [1.29, 1.82) is 0 Å². The van der Waals surface area contributed by atoms with Gasteiger partial charge < -0.3 is 0 Å². The van der Waals surface area contributed by atoms with Crippen LogP contribution < -0.4 is 0 Å². The van der Waals surface area contributed by atoms with Crippen molar-refractivity contribution in [2.75, 3.05) is 0 Å². The van der Waals surface area contributed by atoms with Gasteiger partial charge in [-0.1, -0.05) is 121 Å². The molecule has 40 heavy (non-hydrogen) atoms. The van der Waals surface area contributed by atoms with Crippen LogP contribution >= 0.6 is 0 Å². The quantitative estimate of drug-likeness (QED) is 0.217. The van der Waals surface area contributed by atoms with E-state index >= 15 is 0 Å². The molecule has 1 heteroatoms. The van der Waals surface area contributed by atoms with Crippen LogP contribution in [-0.2, 0) is 0 Å². The lowest BCUT2D eigenvalue weighted by Crippen LogP contribution is -1.93. The minimum atomic E-state index is 1.17. The molecular formula is C39H25N. The number of rotatable bonds is 3. The smallest absolute Gasteiger partial charge is 0.0353 e. The number of fused-ring (bicyclic) bond motifs is 4. The van der Waals surface area contributed by atoms with Crippen molar-refractivity contribution in [3.63, 3.8) is 0 Å². The van der Waals surface area contributed by atoms with Crippen LogP contribution in [0.25, 0.3) is 76.5 Å². The summed E-state index contributed by atoms with van der Waals surface area (Å²) in [4.78, 5) is 4.63. The van der Waals surface area contributed by atoms with Crippen molar-refractivity contribution >= 4 is 43.1 Å². The van der Waals surface area contributed by atoms with E-state index in [0.29, 0.717) is 0 Å². The highest BCUT2D eigenvalue weighted by Gasteiger charge is 2.19. The molecule has 0 aliphatic heterocycles. The molecule has 0 bridgehead atoms. The highest BCUT2D eigenvalue weighted by molar-refractivity contribution is 6.24. The Morgan fingerprint density at radius 1 is 0.350 bits per heavy atom. The topological polar surface area (TPSA) is 12.9 Å². The molecule has 0 spiro atoms. The van der Waals surface area contributed by atoms with Crippen molar-refractivity contribution in [2.24, 2.45) is 0 Å². The predicted molar refractivity (Wildman–Crippen MR) is 171 cm³/mol. The maximum absolute atomic E-state index is 4.63. The van der Waals surface area contributed by atoms with E-state index in [1.165, 1.54) is 76.5 Å². The van der Waals surface area contributed by atoms with Crippen molar-refractivity contribution in [3.8, 4) is 33.4 Å². The lowest BCUT2D eigenvalue weighted by molar-refractivity contribution is 1.37. The third-order valence-corrected chi connectivity index (χ3v) is 8.12. The molecule has 1 nitrogen and oxygen atoms in total. The molecule has 0 saturated carbocycles. The molecule has 0 amide bonds. The van der Waals surface area contributed by atoms with Gasteiger partial charge in [0.05, 0.1) is 0 Å². The SMILES string of the molecule is c1ccc(-c2ccc3c(-c4ccc5ccccc5c4)c4cnccc4c(-c4cccc5ccccc45)c3c2)cc1. The highest BCUT2D eigenvalue weighted by atomic mass is 14.6. The summed E-state index contributed by atoms with van der Waals surface area (Å²) in [7, 11) is 0. The number of hydrogen-bond acceptors (Lipinski definition) is 1. The summed E-state index contributed by atoms with van der Waals surface area (Å²) in [6.45, 7) is 0. The molecule has 0 aliphatic rings. The van der Waals surface area contributed by atoms with E-state index in [-0.39, 0.29) is 0 Å². The van der Waals surface area contributed by atoms with Crippen LogP contribution in [-0.4, -0.2) is 4.98 Å². The summed E-state index contributed by atoms with van der Waals surface area (Å²) in [5, 5.41) is 9.85. The minimum Gasteiger partial charge on any atom is -0.264 e. The van der Waals surface area contributed by atoms with E-state index < -0.39 is 0 Å². The van der Waals surface area contributed by atoms with Gasteiger partial charge in [0.15, 0.2) is 0 Å². The van der Waals surface area contributed by atoms with E-state index in [1.54, 1.807) is 0 Å². The molecule has 186 valence electrons. The van der Waals surface area contributed by atoms with E-state index in [9.17, 15) is 0 Å². The zero-order valence-corrected chi connectivity index (χ0v) is 21.9.